The molecule has 0 amide bonds. The van der Waals surface area contributed by atoms with E-state index in [0.717, 1.165) is 5.56 Å². The second kappa shape index (κ2) is 6.59. The molecule has 1 fully saturated rings. The second-order valence-corrected chi connectivity index (χ2v) is 5.55. The van der Waals surface area contributed by atoms with Crippen molar-refractivity contribution in [3.63, 3.8) is 0 Å². The summed E-state index contributed by atoms with van der Waals surface area (Å²) < 4.78 is 5.45. The largest absolute Gasteiger partial charge is 0.396 e. The Balaban J connectivity index is 1.86. The maximum atomic E-state index is 10.1. The average molecular weight is 317 g/mol. The van der Waals surface area contributed by atoms with E-state index in [0.29, 0.717) is 17.8 Å². The molecular weight excluding hydrogens is 298 g/mol. The summed E-state index contributed by atoms with van der Waals surface area (Å²) in [7, 11) is 0. The molecule has 2 heterocycles. The van der Waals surface area contributed by atoms with Crippen LogP contribution in [-0.4, -0.2) is 50.2 Å². The van der Waals surface area contributed by atoms with Crippen LogP contribution in [0.5, 0.6) is 0 Å². The van der Waals surface area contributed by atoms with Crippen molar-refractivity contribution < 1.29 is 20.1 Å². The van der Waals surface area contributed by atoms with E-state index in [9.17, 15) is 10.2 Å². The van der Waals surface area contributed by atoms with E-state index < -0.39 is 24.4 Å². The number of aliphatic hydroxyl groups excluding tert-OH is 3. The Morgan fingerprint density at radius 3 is 2.52 bits per heavy atom. The summed E-state index contributed by atoms with van der Waals surface area (Å²) in [4.78, 5) is 8.49. The summed E-state index contributed by atoms with van der Waals surface area (Å²) in [6.07, 6.45) is -2.12. The highest BCUT2D eigenvalue weighted by atomic mass is 16.6. The van der Waals surface area contributed by atoms with Gasteiger partial charge in [-0.05, 0) is 5.56 Å². The molecule has 7 nitrogen and oxygen atoms in total. The standard InChI is InChI=1S/C16H19N3O4/c17-10-7-18-16(15-14(22)13(21)12(8-20)23-15)19-11(10)6-9-4-2-1-3-5-9/h1-5,7,12-15,20-22H,6,8,17H2/t12-,13-,14-,15?/m1/s1. The number of aromatic nitrogens is 2. The molecule has 0 spiro atoms. The molecule has 0 bridgehead atoms. The number of hydrogen-bond acceptors (Lipinski definition) is 7. The predicted molar refractivity (Wildman–Crippen MR) is 82.4 cm³/mol. The molecule has 0 radical (unpaired) electrons. The number of aliphatic hydroxyl groups is 3. The average Bonchev–Trinajstić information content (AvgIpc) is 2.86. The number of nitrogens with two attached hydrogens (primary N) is 1. The van der Waals surface area contributed by atoms with Gasteiger partial charge in [0.2, 0.25) is 0 Å². The highest BCUT2D eigenvalue weighted by molar-refractivity contribution is 5.43. The second-order valence-electron chi connectivity index (χ2n) is 5.55. The molecule has 0 saturated carbocycles. The number of ether oxygens (including phenoxy) is 1. The van der Waals surface area contributed by atoms with E-state index in [-0.39, 0.29) is 12.4 Å². The van der Waals surface area contributed by atoms with Gasteiger partial charge in [0.1, 0.15) is 24.4 Å². The lowest BCUT2D eigenvalue weighted by atomic mass is 10.1. The highest BCUT2D eigenvalue weighted by Crippen LogP contribution is 2.32. The Kier molecular flexibility index (Phi) is 4.53. The van der Waals surface area contributed by atoms with Crippen LogP contribution in [-0.2, 0) is 11.2 Å². The van der Waals surface area contributed by atoms with Gasteiger partial charge in [-0.25, -0.2) is 9.97 Å². The minimum absolute atomic E-state index is 0.243. The predicted octanol–water partition coefficient (Wildman–Crippen LogP) is -0.196. The van der Waals surface area contributed by atoms with Gasteiger partial charge in [0.15, 0.2) is 5.82 Å². The van der Waals surface area contributed by atoms with Gasteiger partial charge in [0, 0.05) is 6.42 Å². The van der Waals surface area contributed by atoms with Crippen LogP contribution < -0.4 is 5.73 Å². The van der Waals surface area contributed by atoms with Crippen LogP contribution >= 0.6 is 0 Å². The van der Waals surface area contributed by atoms with Gasteiger partial charge < -0.3 is 25.8 Å². The zero-order valence-corrected chi connectivity index (χ0v) is 12.4. The van der Waals surface area contributed by atoms with Gasteiger partial charge in [-0.2, -0.15) is 0 Å². The molecular formula is C16H19N3O4. The van der Waals surface area contributed by atoms with Crippen molar-refractivity contribution in [1.82, 2.24) is 9.97 Å². The lowest BCUT2D eigenvalue weighted by Crippen LogP contribution is -2.32. The number of benzene rings is 1. The summed E-state index contributed by atoms with van der Waals surface area (Å²) in [6.45, 7) is -0.388. The number of anilines is 1. The molecule has 1 aromatic carbocycles. The Bertz CT molecular complexity index is 668. The van der Waals surface area contributed by atoms with Crippen molar-refractivity contribution in [2.45, 2.75) is 30.8 Å². The molecule has 2 aromatic rings. The summed E-state index contributed by atoms with van der Waals surface area (Å²) in [5, 5.41) is 29.1. The van der Waals surface area contributed by atoms with Gasteiger partial charge >= 0.3 is 0 Å². The van der Waals surface area contributed by atoms with Crippen LogP contribution in [0.1, 0.15) is 23.2 Å². The lowest BCUT2D eigenvalue weighted by Gasteiger charge is -2.15. The summed E-state index contributed by atoms with van der Waals surface area (Å²) in [5.74, 6) is 0.243. The third-order valence-corrected chi connectivity index (χ3v) is 3.93. The van der Waals surface area contributed by atoms with E-state index in [1.807, 2.05) is 30.3 Å². The third-order valence-electron chi connectivity index (χ3n) is 3.93. The molecule has 0 aliphatic carbocycles. The van der Waals surface area contributed by atoms with E-state index >= 15 is 0 Å². The van der Waals surface area contributed by atoms with Gasteiger partial charge in [-0.3, -0.25) is 0 Å². The van der Waals surface area contributed by atoms with Gasteiger partial charge in [-0.1, -0.05) is 30.3 Å². The van der Waals surface area contributed by atoms with Crippen molar-refractivity contribution >= 4 is 5.69 Å². The fourth-order valence-corrected chi connectivity index (χ4v) is 2.62. The molecule has 1 saturated heterocycles. The van der Waals surface area contributed by atoms with Crippen LogP contribution in [0, 0.1) is 0 Å². The minimum Gasteiger partial charge on any atom is -0.396 e. The topological polar surface area (TPSA) is 122 Å². The fraction of sp³-hybridized carbons (Fsp3) is 0.375. The van der Waals surface area contributed by atoms with Crippen LogP contribution in [0.2, 0.25) is 0 Å². The molecule has 1 aromatic heterocycles. The highest BCUT2D eigenvalue weighted by Gasteiger charge is 2.44. The van der Waals surface area contributed by atoms with Crippen LogP contribution in [0.25, 0.3) is 0 Å². The number of nitrogen functional groups attached to an aromatic ring is 1. The number of nitrogens with zero attached hydrogens (tertiary/aromatic N) is 2. The zero-order valence-electron chi connectivity index (χ0n) is 12.4. The smallest absolute Gasteiger partial charge is 0.160 e. The van der Waals surface area contributed by atoms with Crippen LogP contribution in [0.4, 0.5) is 5.69 Å². The molecule has 1 aliphatic rings. The van der Waals surface area contributed by atoms with Gasteiger partial charge in [0.05, 0.1) is 24.2 Å². The van der Waals surface area contributed by atoms with Gasteiger partial charge in [0.25, 0.3) is 0 Å². The van der Waals surface area contributed by atoms with Crippen molar-refractivity contribution in [2.24, 2.45) is 0 Å². The monoisotopic (exact) mass is 317 g/mol. The van der Waals surface area contributed by atoms with Gasteiger partial charge in [-0.15, -0.1) is 0 Å². The maximum Gasteiger partial charge on any atom is 0.160 e. The summed E-state index contributed by atoms with van der Waals surface area (Å²) >= 11 is 0. The van der Waals surface area contributed by atoms with Crippen LogP contribution in [0.15, 0.2) is 36.5 Å². The van der Waals surface area contributed by atoms with Crippen molar-refractivity contribution in [3.8, 4) is 0 Å². The van der Waals surface area contributed by atoms with Crippen LogP contribution in [0.3, 0.4) is 0 Å². The van der Waals surface area contributed by atoms with Crippen molar-refractivity contribution in [3.05, 3.63) is 53.6 Å². The first kappa shape index (κ1) is 15.8. The zero-order chi connectivity index (χ0) is 16.4. The SMILES string of the molecule is Nc1cnc(C2O[C@H](CO)[C@@H](O)[C@H]2O)nc1Cc1ccccc1. The molecule has 3 rings (SSSR count). The molecule has 4 atom stereocenters. The normalized spacial score (nSPS) is 27.3. The molecule has 1 aliphatic heterocycles. The minimum atomic E-state index is -1.19. The third kappa shape index (κ3) is 3.18. The molecule has 1 unspecified atom stereocenters. The Morgan fingerprint density at radius 2 is 1.87 bits per heavy atom. The fourth-order valence-electron chi connectivity index (χ4n) is 2.62. The van der Waals surface area contributed by atoms with Crippen molar-refractivity contribution in [1.29, 1.82) is 0 Å². The first-order valence-corrected chi connectivity index (χ1v) is 7.38. The van der Waals surface area contributed by atoms with E-state index in [1.54, 1.807) is 0 Å². The first-order chi connectivity index (χ1) is 11.1. The van der Waals surface area contributed by atoms with E-state index in [1.165, 1.54) is 6.20 Å². The van der Waals surface area contributed by atoms with Crippen molar-refractivity contribution in [2.75, 3.05) is 12.3 Å². The molecule has 122 valence electrons. The Hall–Kier alpha value is -2.06. The van der Waals surface area contributed by atoms with E-state index in [2.05, 4.69) is 9.97 Å². The quantitative estimate of drug-likeness (QED) is 0.616. The summed E-state index contributed by atoms with van der Waals surface area (Å²) in [5.41, 5.74) is 8.05. The first-order valence-electron chi connectivity index (χ1n) is 7.38. The number of rotatable bonds is 4. The summed E-state index contributed by atoms with van der Waals surface area (Å²) in [6, 6.07) is 9.72. The maximum absolute atomic E-state index is 10.1. The molecule has 7 heteroatoms. The lowest BCUT2D eigenvalue weighted by molar-refractivity contribution is -0.0253. The Labute approximate surface area is 133 Å². The molecule has 23 heavy (non-hydrogen) atoms. The Morgan fingerprint density at radius 1 is 1.13 bits per heavy atom. The van der Waals surface area contributed by atoms with E-state index in [4.69, 9.17) is 15.6 Å². The molecule has 5 N–H and O–H groups in total. The number of hydrogen-bond donors (Lipinski definition) is 4.